The third-order valence-electron chi connectivity index (χ3n) is 1.96. The van der Waals surface area contributed by atoms with Crippen molar-refractivity contribution >= 4 is 17.5 Å². The molecule has 2 rings (SSSR count). The molecule has 8 heteroatoms. The van der Waals surface area contributed by atoms with Crippen LogP contribution in [-0.2, 0) is 0 Å². The molecule has 0 radical (unpaired) electrons. The molecule has 0 saturated carbocycles. The Bertz CT molecular complexity index is 511. The fourth-order valence-corrected chi connectivity index (χ4v) is 1.31. The zero-order valence-electron chi connectivity index (χ0n) is 8.64. The molecule has 0 bridgehead atoms. The number of nitrogens with two attached hydrogens (primary N) is 1. The number of urea groups is 1. The minimum Gasteiger partial charge on any atom is -0.351 e. The Morgan fingerprint density at radius 2 is 2.24 bits per heavy atom. The van der Waals surface area contributed by atoms with Gasteiger partial charge >= 0.3 is 6.03 Å². The monoisotopic (exact) mass is 231 g/mol. The number of nitrogens with one attached hydrogen (secondary N) is 3. The van der Waals surface area contributed by atoms with Gasteiger partial charge in [0, 0.05) is 12.4 Å². The SMILES string of the molecule is N#Cc1cc(NC(N)=O)cnc1N1NC=CN1. The second kappa shape index (κ2) is 4.28. The molecular formula is C9H9N7O. The molecule has 1 aromatic rings. The number of pyridine rings is 1. The predicted octanol–water partition coefficient (Wildman–Crippen LogP) is -0.256. The van der Waals surface area contributed by atoms with Crippen LogP contribution in [0.1, 0.15) is 5.56 Å². The summed E-state index contributed by atoms with van der Waals surface area (Å²) in [5, 5.41) is 12.8. The van der Waals surface area contributed by atoms with Gasteiger partial charge in [-0.1, -0.05) is 0 Å². The average molecular weight is 231 g/mol. The highest BCUT2D eigenvalue weighted by atomic mass is 16.2. The molecule has 86 valence electrons. The summed E-state index contributed by atoms with van der Waals surface area (Å²) in [6.45, 7) is 0. The van der Waals surface area contributed by atoms with Crippen LogP contribution in [0.3, 0.4) is 0 Å². The summed E-state index contributed by atoms with van der Waals surface area (Å²) in [5.74, 6) is 0.396. The van der Waals surface area contributed by atoms with Crippen molar-refractivity contribution in [2.45, 2.75) is 0 Å². The summed E-state index contributed by atoms with van der Waals surface area (Å²) in [7, 11) is 0. The van der Waals surface area contributed by atoms with Crippen molar-refractivity contribution in [1.29, 1.82) is 5.26 Å². The molecule has 2 amide bonds. The topological polar surface area (TPSA) is 119 Å². The van der Waals surface area contributed by atoms with Crippen molar-refractivity contribution in [3.63, 3.8) is 0 Å². The standard InChI is InChI=1S/C9H9N7O/c10-4-6-3-7(15-9(11)17)5-12-8(6)16-13-1-2-14-16/h1-3,5,13-14H,(H3,11,15,17). The first-order valence-electron chi connectivity index (χ1n) is 4.65. The van der Waals surface area contributed by atoms with Gasteiger partial charge in [0.2, 0.25) is 0 Å². The van der Waals surface area contributed by atoms with E-state index in [0.29, 0.717) is 17.1 Å². The van der Waals surface area contributed by atoms with Crippen LogP contribution in [0.15, 0.2) is 24.7 Å². The molecule has 17 heavy (non-hydrogen) atoms. The van der Waals surface area contributed by atoms with E-state index in [1.165, 1.54) is 17.4 Å². The van der Waals surface area contributed by atoms with Gasteiger partial charge in [-0.15, -0.1) is 0 Å². The molecule has 2 heterocycles. The molecule has 0 saturated heterocycles. The summed E-state index contributed by atoms with van der Waals surface area (Å²) >= 11 is 0. The Morgan fingerprint density at radius 1 is 1.53 bits per heavy atom. The van der Waals surface area contributed by atoms with Crippen LogP contribution in [0.5, 0.6) is 0 Å². The van der Waals surface area contributed by atoms with Crippen LogP contribution < -0.4 is 27.0 Å². The lowest BCUT2D eigenvalue weighted by molar-refractivity contribution is 0.259. The fraction of sp³-hybridized carbons (Fsp3) is 0. The number of carbonyl (C=O) groups excluding carboxylic acids is 1. The summed E-state index contributed by atoms with van der Waals surface area (Å²) in [6.07, 6.45) is 4.71. The first-order chi connectivity index (χ1) is 8.20. The van der Waals surface area contributed by atoms with Gasteiger partial charge in [0.05, 0.1) is 11.9 Å². The summed E-state index contributed by atoms with van der Waals surface area (Å²) in [5.41, 5.74) is 11.3. The van der Waals surface area contributed by atoms with Gasteiger partial charge in [0.15, 0.2) is 5.82 Å². The molecule has 8 nitrogen and oxygen atoms in total. The maximum atomic E-state index is 10.7. The number of rotatable bonds is 2. The number of anilines is 2. The van der Waals surface area contributed by atoms with Crippen molar-refractivity contribution in [2.75, 3.05) is 10.4 Å². The number of carbonyl (C=O) groups is 1. The Morgan fingerprint density at radius 3 is 2.82 bits per heavy atom. The number of hydrogen-bond donors (Lipinski definition) is 4. The molecule has 0 aliphatic carbocycles. The minimum atomic E-state index is -0.706. The van der Waals surface area contributed by atoms with Crippen molar-refractivity contribution in [3.8, 4) is 6.07 Å². The van der Waals surface area contributed by atoms with Gasteiger partial charge < -0.3 is 11.1 Å². The highest BCUT2D eigenvalue weighted by Gasteiger charge is 2.14. The molecule has 0 unspecified atom stereocenters. The van der Waals surface area contributed by atoms with Crippen LogP contribution in [0.2, 0.25) is 0 Å². The van der Waals surface area contributed by atoms with Crippen molar-refractivity contribution in [1.82, 2.24) is 15.8 Å². The first-order valence-corrected chi connectivity index (χ1v) is 4.65. The number of primary amides is 1. The highest BCUT2D eigenvalue weighted by molar-refractivity contribution is 5.88. The Balaban J connectivity index is 2.29. The van der Waals surface area contributed by atoms with E-state index < -0.39 is 6.03 Å². The molecule has 0 fully saturated rings. The van der Waals surface area contributed by atoms with E-state index in [0.717, 1.165) is 0 Å². The van der Waals surface area contributed by atoms with Gasteiger partial charge in [-0.2, -0.15) is 10.4 Å². The molecule has 1 aromatic heterocycles. The molecule has 1 aliphatic rings. The van der Waals surface area contributed by atoms with E-state index in [1.54, 1.807) is 12.4 Å². The summed E-state index contributed by atoms with van der Waals surface area (Å²) in [4.78, 5) is 14.7. The first kappa shape index (κ1) is 10.6. The van der Waals surface area contributed by atoms with Gasteiger partial charge in [-0.05, 0) is 6.07 Å². The molecule has 1 aliphatic heterocycles. The van der Waals surface area contributed by atoms with E-state index in [4.69, 9.17) is 11.0 Å². The lowest BCUT2D eigenvalue weighted by Crippen LogP contribution is -2.39. The highest BCUT2D eigenvalue weighted by Crippen LogP contribution is 2.19. The maximum absolute atomic E-state index is 10.7. The second-order valence-corrected chi connectivity index (χ2v) is 3.12. The largest absolute Gasteiger partial charge is 0.351 e. The van der Waals surface area contributed by atoms with E-state index in [1.807, 2.05) is 6.07 Å². The maximum Gasteiger partial charge on any atom is 0.316 e. The third kappa shape index (κ3) is 2.18. The quantitative estimate of drug-likeness (QED) is 0.557. The second-order valence-electron chi connectivity index (χ2n) is 3.12. The number of aromatic nitrogens is 1. The van der Waals surface area contributed by atoms with E-state index in [-0.39, 0.29) is 0 Å². The molecule has 0 aromatic carbocycles. The van der Waals surface area contributed by atoms with Gasteiger partial charge in [0.25, 0.3) is 0 Å². The zero-order valence-corrected chi connectivity index (χ0v) is 8.64. The number of hydrogen-bond acceptors (Lipinski definition) is 6. The number of hydrazine groups is 2. The van der Waals surface area contributed by atoms with Crippen molar-refractivity contribution < 1.29 is 4.79 Å². The minimum absolute atomic E-state index is 0.292. The lowest BCUT2D eigenvalue weighted by Gasteiger charge is -2.18. The van der Waals surface area contributed by atoms with Crippen LogP contribution >= 0.6 is 0 Å². The fourth-order valence-electron chi connectivity index (χ4n) is 1.31. The van der Waals surface area contributed by atoms with Gasteiger partial charge in [-0.3, -0.25) is 10.9 Å². The summed E-state index contributed by atoms with van der Waals surface area (Å²) < 4.78 is 0. The molecular weight excluding hydrogens is 222 g/mol. The van der Waals surface area contributed by atoms with E-state index in [2.05, 4.69) is 21.2 Å². The average Bonchev–Trinajstić information content (AvgIpc) is 2.81. The Hall–Kier alpha value is -2.95. The van der Waals surface area contributed by atoms with Crippen LogP contribution in [0.25, 0.3) is 0 Å². The Kier molecular flexibility index (Phi) is 2.66. The molecule has 5 N–H and O–H groups in total. The van der Waals surface area contributed by atoms with Crippen LogP contribution in [0, 0.1) is 11.3 Å². The molecule has 0 atom stereocenters. The predicted molar refractivity (Wildman–Crippen MR) is 60.0 cm³/mol. The Labute approximate surface area is 96.7 Å². The number of nitrogens with zero attached hydrogens (tertiary/aromatic N) is 3. The number of nitriles is 1. The van der Waals surface area contributed by atoms with E-state index >= 15 is 0 Å². The lowest BCUT2D eigenvalue weighted by atomic mass is 10.2. The number of amides is 2. The summed E-state index contributed by atoms with van der Waals surface area (Å²) in [6, 6.07) is 2.76. The van der Waals surface area contributed by atoms with Crippen molar-refractivity contribution in [2.24, 2.45) is 5.73 Å². The zero-order chi connectivity index (χ0) is 12.3. The van der Waals surface area contributed by atoms with Gasteiger partial charge in [0.1, 0.15) is 11.6 Å². The van der Waals surface area contributed by atoms with Gasteiger partial charge in [-0.25, -0.2) is 9.78 Å². The van der Waals surface area contributed by atoms with E-state index in [9.17, 15) is 4.79 Å². The van der Waals surface area contributed by atoms with Crippen LogP contribution in [-0.4, -0.2) is 11.0 Å². The third-order valence-corrected chi connectivity index (χ3v) is 1.96. The van der Waals surface area contributed by atoms with Crippen molar-refractivity contribution in [3.05, 3.63) is 30.2 Å². The van der Waals surface area contributed by atoms with Crippen LogP contribution in [0.4, 0.5) is 16.3 Å². The normalized spacial score (nSPS) is 12.5. The smallest absolute Gasteiger partial charge is 0.316 e. The molecule has 0 spiro atoms.